The zero-order valence-corrected chi connectivity index (χ0v) is 30.4. The Bertz CT molecular complexity index is 1370. The van der Waals surface area contributed by atoms with E-state index in [1.165, 1.54) is 87.9 Å². The Morgan fingerprint density at radius 2 is 1.14 bits per heavy atom. The molecule has 0 spiro atoms. The normalized spacial score (nSPS) is 38.5. The summed E-state index contributed by atoms with van der Waals surface area (Å²) in [6.45, 7) is 7.66. The van der Waals surface area contributed by atoms with Gasteiger partial charge in [0.1, 0.15) is 0 Å². The summed E-state index contributed by atoms with van der Waals surface area (Å²) in [5.41, 5.74) is 7.20. The fraction of sp³-hybridized carbons (Fsp3) is 0.641. The van der Waals surface area contributed by atoms with E-state index in [1.807, 2.05) is 0 Å². The van der Waals surface area contributed by atoms with Gasteiger partial charge < -0.3 is 9.97 Å². The van der Waals surface area contributed by atoms with Crippen molar-refractivity contribution >= 4 is 41.3 Å². The highest BCUT2D eigenvalue weighted by Gasteiger charge is 2.69. The number of nitrogens with one attached hydrogen (secondary N) is 2. The molecule has 0 radical (unpaired) electrons. The van der Waals surface area contributed by atoms with E-state index in [4.69, 9.17) is 0 Å². The van der Waals surface area contributed by atoms with Crippen molar-refractivity contribution in [1.29, 1.82) is 0 Å². The summed E-state index contributed by atoms with van der Waals surface area (Å²) in [6, 6.07) is 17.3. The predicted molar refractivity (Wildman–Crippen MR) is 193 cm³/mol. The number of hydrogen-bond acceptors (Lipinski definition) is 0. The van der Waals surface area contributed by atoms with Gasteiger partial charge in [0.05, 0.1) is 8.07 Å². The monoisotopic (exact) mass is 640 g/mol. The molecule has 1 aromatic carbocycles. The van der Waals surface area contributed by atoms with Crippen molar-refractivity contribution in [2.24, 2.45) is 46.3 Å². The van der Waals surface area contributed by atoms with E-state index in [-0.39, 0.29) is 5.16 Å². The Labute approximate surface area is 270 Å². The molecule has 2 nitrogen and oxygen atoms in total. The van der Waals surface area contributed by atoms with Gasteiger partial charge in [-0.3, -0.25) is 0 Å². The fourth-order valence-corrected chi connectivity index (χ4v) is 17.7. The maximum atomic E-state index is 3.88. The second-order valence-corrected chi connectivity index (χ2v) is 26.1. The Balaban J connectivity index is 1.26. The minimum Gasteiger partial charge on any atom is -0.361 e. The molecule has 5 heteroatoms. The van der Waals surface area contributed by atoms with Gasteiger partial charge in [-0.05, 0) is 167 Å². The molecule has 2 N–H and O–H groups in total. The molecular weight excluding hydrogens is 586 g/mol. The lowest BCUT2D eigenvalue weighted by Gasteiger charge is -2.72. The second-order valence-electron chi connectivity index (χ2n) is 18.0. The van der Waals surface area contributed by atoms with Crippen LogP contribution in [0.2, 0.25) is 19.6 Å². The fourth-order valence-electron chi connectivity index (χ4n) is 13.3. The summed E-state index contributed by atoms with van der Waals surface area (Å²) < 4.78 is 0. The maximum Gasteiger partial charge on any atom is 0.0776 e. The predicted octanol–water partition coefficient (Wildman–Crippen LogP) is 9.02. The third-order valence-corrected chi connectivity index (χ3v) is 20.2. The number of rotatable bonds is 8. The summed E-state index contributed by atoms with van der Waals surface area (Å²) in [7, 11) is 1.86. The lowest BCUT2D eigenvalue weighted by molar-refractivity contribution is -0.158. The molecule has 234 valence electrons. The van der Waals surface area contributed by atoms with Crippen LogP contribution in [-0.4, -0.2) is 18.0 Å². The molecule has 0 saturated heterocycles. The smallest absolute Gasteiger partial charge is 0.0776 e. The first-order valence-electron chi connectivity index (χ1n) is 18.1. The minimum atomic E-state index is -1.49. The van der Waals surface area contributed by atoms with E-state index in [9.17, 15) is 0 Å². The third-order valence-electron chi connectivity index (χ3n) is 14.2. The molecule has 2 aromatic heterocycles. The topological polar surface area (TPSA) is 31.6 Å². The molecule has 11 rings (SSSR count). The molecule has 1 atom stereocenters. The van der Waals surface area contributed by atoms with Crippen molar-refractivity contribution < 1.29 is 0 Å². The second kappa shape index (κ2) is 10.2. The molecule has 2 heterocycles. The van der Waals surface area contributed by atoms with E-state index in [2.05, 4.69) is 93.7 Å². The molecule has 8 saturated carbocycles. The molecular formula is C39H54N2P2Si. The van der Waals surface area contributed by atoms with Crippen LogP contribution in [0.1, 0.15) is 88.2 Å². The van der Waals surface area contributed by atoms with Gasteiger partial charge in [0, 0.05) is 34.6 Å². The van der Waals surface area contributed by atoms with Gasteiger partial charge in [0.25, 0.3) is 0 Å². The molecule has 3 aromatic rings. The van der Waals surface area contributed by atoms with Crippen LogP contribution < -0.4 is 16.1 Å². The van der Waals surface area contributed by atoms with E-state index in [1.54, 1.807) is 16.3 Å². The highest BCUT2D eigenvalue weighted by atomic mass is 31.1. The van der Waals surface area contributed by atoms with Gasteiger partial charge in [-0.25, -0.2) is 0 Å². The summed E-state index contributed by atoms with van der Waals surface area (Å²) in [6.07, 6.45) is 23.6. The molecule has 0 amide bonds. The molecule has 8 fully saturated rings. The molecule has 1 unspecified atom stereocenters. The molecule has 44 heavy (non-hydrogen) atoms. The number of aromatic amines is 2. The zero-order chi connectivity index (χ0) is 29.9. The molecule has 8 bridgehead atoms. The number of benzene rings is 1. The quantitative estimate of drug-likeness (QED) is 0.182. The van der Waals surface area contributed by atoms with Crippen LogP contribution in [0.15, 0.2) is 54.9 Å². The van der Waals surface area contributed by atoms with Crippen LogP contribution in [0, 0.1) is 46.3 Å². The van der Waals surface area contributed by atoms with Crippen LogP contribution in [0.25, 0.3) is 0 Å². The van der Waals surface area contributed by atoms with Crippen LogP contribution in [0.3, 0.4) is 0 Å². The number of hydrogen-bond donors (Lipinski definition) is 2. The number of H-pyrrole nitrogens is 2. The third kappa shape index (κ3) is 4.37. The lowest BCUT2D eigenvalue weighted by Crippen LogP contribution is -2.64. The Morgan fingerprint density at radius 1 is 0.705 bits per heavy atom. The summed E-state index contributed by atoms with van der Waals surface area (Å²) in [5, 5.41) is 1.83. The first-order valence-corrected chi connectivity index (χ1v) is 23.7. The van der Waals surface area contributed by atoms with Crippen molar-refractivity contribution in [2.75, 3.05) is 0 Å². The summed E-state index contributed by atoms with van der Waals surface area (Å²) in [5.74, 6) is 5.89. The van der Waals surface area contributed by atoms with Gasteiger partial charge in [-0.15, -0.1) is 9.24 Å². The molecule has 8 aliphatic rings. The van der Waals surface area contributed by atoms with Crippen LogP contribution in [-0.2, 0) is 11.3 Å². The number of aromatic nitrogens is 2. The van der Waals surface area contributed by atoms with Crippen molar-refractivity contribution in [3.63, 3.8) is 0 Å². The maximum absolute atomic E-state index is 3.88. The van der Waals surface area contributed by atoms with E-state index >= 15 is 0 Å². The lowest BCUT2D eigenvalue weighted by atomic mass is 9.37. The van der Waals surface area contributed by atoms with Gasteiger partial charge in [-0.1, -0.05) is 43.0 Å². The molecule has 8 aliphatic carbocycles. The van der Waals surface area contributed by atoms with E-state index in [0.717, 1.165) is 41.7 Å². The Morgan fingerprint density at radius 3 is 1.50 bits per heavy atom. The Hall–Kier alpha value is -1.14. The Kier molecular flexibility index (Phi) is 6.71. The molecule has 0 aliphatic heterocycles. The SMILES string of the molecule is C[Si](C)(C)c1ccc(C(P)(C23CC4CC(CC(C4)C2)C3)C23CC4CC(CC(C4)C2)C3)c(CP(c2ccc[nH]2)c2ccc[nH]2)c1. The highest BCUT2D eigenvalue weighted by Crippen LogP contribution is 2.78. The van der Waals surface area contributed by atoms with Crippen LogP contribution in [0.5, 0.6) is 0 Å². The first kappa shape index (κ1) is 29.0. The summed E-state index contributed by atoms with van der Waals surface area (Å²) >= 11 is 0. The average Bonchev–Trinajstić information content (AvgIpc) is 3.69. The van der Waals surface area contributed by atoms with Crippen molar-refractivity contribution in [2.45, 2.75) is 108 Å². The van der Waals surface area contributed by atoms with Crippen molar-refractivity contribution in [3.8, 4) is 0 Å². The van der Waals surface area contributed by atoms with Gasteiger partial charge >= 0.3 is 0 Å². The first-order chi connectivity index (χ1) is 21.1. The van der Waals surface area contributed by atoms with Crippen molar-refractivity contribution in [1.82, 2.24) is 9.97 Å². The largest absolute Gasteiger partial charge is 0.361 e. The minimum absolute atomic E-state index is 0.186. The van der Waals surface area contributed by atoms with Crippen LogP contribution in [0.4, 0.5) is 0 Å². The summed E-state index contributed by atoms with van der Waals surface area (Å²) in [4.78, 5) is 7.36. The van der Waals surface area contributed by atoms with Crippen LogP contribution >= 0.6 is 17.2 Å². The van der Waals surface area contributed by atoms with E-state index in [0.29, 0.717) is 10.8 Å². The van der Waals surface area contributed by atoms with Gasteiger partial charge in [0.15, 0.2) is 0 Å². The van der Waals surface area contributed by atoms with Gasteiger partial charge in [0.2, 0.25) is 0 Å². The highest BCUT2D eigenvalue weighted by molar-refractivity contribution is 7.71. The zero-order valence-electron chi connectivity index (χ0n) is 27.4. The average molecular weight is 641 g/mol. The van der Waals surface area contributed by atoms with Crippen molar-refractivity contribution in [3.05, 3.63) is 66.0 Å². The van der Waals surface area contributed by atoms with Gasteiger partial charge in [-0.2, -0.15) is 0 Å². The standard InChI is InChI=1S/C39H54N2P2Si/c1-44(2,3)33-8-9-34(32(18-33)25-43(35-6-4-10-40-35)36-7-5-11-41-36)39(42,37-19-26-12-27(20-37)14-28(13-26)21-37)38-22-29-15-30(23-38)17-31(16-29)24-38/h4-11,18,26-31,40-41H,12-17,19-25,42H2,1-3H3. The van der Waals surface area contributed by atoms with E-state index < -0.39 is 16.0 Å².